The summed E-state index contributed by atoms with van der Waals surface area (Å²) in [6, 6.07) is 7.91. The molecule has 1 aromatic carbocycles. The van der Waals surface area contributed by atoms with Crippen molar-refractivity contribution in [3.63, 3.8) is 0 Å². The SMILES string of the molecule is CC(=O)N1CCOC(C(=O)Nc2ccc(C)c(-c3ccsc3)c2)C1. The van der Waals surface area contributed by atoms with Gasteiger partial charge in [0.2, 0.25) is 5.91 Å². The second-order valence-electron chi connectivity index (χ2n) is 5.86. The number of amides is 2. The number of carbonyl (C=O) groups excluding carboxylic acids is 2. The minimum absolute atomic E-state index is 0.0359. The second-order valence-corrected chi connectivity index (χ2v) is 6.64. The van der Waals surface area contributed by atoms with E-state index in [1.807, 2.05) is 30.5 Å². The molecule has 1 saturated heterocycles. The van der Waals surface area contributed by atoms with Crippen LogP contribution < -0.4 is 5.32 Å². The number of nitrogens with zero attached hydrogens (tertiary/aromatic N) is 1. The Kier molecular flexibility index (Phi) is 4.97. The Morgan fingerprint density at radius 3 is 2.88 bits per heavy atom. The zero-order valence-electron chi connectivity index (χ0n) is 13.7. The fraction of sp³-hybridized carbons (Fsp3) is 0.333. The molecule has 1 aromatic heterocycles. The molecule has 1 N–H and O–H groups in total. The van der Waals surface area contributed by atoms with E-state index in [2.05, 4.69) is 16.8 Å². The van der Waals surface area contributed by atoms with Gasteiger partial charge in [-0.05, 0) is 52.6 Å². The van der Waals surface area contributed by atoms with Gasteiger partial charge in [0, 0.05) is 19.2 Å². The Bertz CT molecular complexity index is 743. The van der Waals surface area contributed by atoms with Crippen molar-refractivity contribution in [2.45, 2.75) is 20.0 Å². The zero-order chi connectivity index (χ0) is 17.1. The summed E-state index contributed by atoms with van der Waals surface area (Å²) in [6.07, 6.45) is -0.631. The van der Waals surface area contributed by atoms with Crippen molar-refractivity contribution in [2.75, 3.05) is 25.0 Å². The van der Waals surface area contributed by atoms with Gasteiger partial charge in [-0.1, -0.05) is 6.07 Å². The predicted octanol–water partition coefficient (Wildman–Crippen LogP) is 2.91. The smallest absolute Gasteiger partial charge is 0.255 e. The van der Waals surface area contributed by atoms with Crippen LogP contribution in [0.1, 0.15) is 12.5 Å². The lowest BCUT2D eigenvalue weighted by Crippen LogP contribution is -2.49. The van der Waals surface area contributed by atoms with Crippen molar-refractivity contribution in [1.82, 2.24) is 4.90 Å². The maximum atomic E-state index is 12.4. The number of benzene rings is 1. The van der Waals surface area contributed by atoms with E-state index in [1.54, 1.807) is 16.2 Å². The number of ether oxygens (including phenoxy) is 1. The largest absolute Gasteiger partial charge is 0.365 e. The summed E-state index contributed by atoms with van der Waals surface area (Å²) in [5.74, 6) is -0.257. The van der Waals surface area contributed by atoms with Gasteiger partial charge < -0.3 is 15.0 Å². The van der Waals surface area contributed by atoms with Gasteiger partial charge in [0.1, 0.15) is 0 Å². The molecule has 1 aliphatic heterocycles. The highest BCUT2D eigenvalue weighted by Gasteiger charge is 2.28. The van der Waals surface area contributed by atoms with Crippen LogP contribution in [0.15, 0.2) is 35.0 Å². The van der Waals surface area contributed by atoms with Crippen LogP contribution in [0.5, 0.6) is 0 Å². The quantitative estimate of drug-likeness (QED) is 0.931. The third-order valence-electron chi connectivity index (χ3n) is 4.14. The molecule has 126 valence electrons. The summed E-state index contributed by atoms with van der Waals surface area (Å²) in [7, 11) is 0. The minimum Gasteiger partial charge on any atom is -0.365 e. The summed E-state index contributed by atoms with van der Waals surface area (Å²) in [6.45, 7) is 4.77. The van der Waals surface area contributed by atoms with E-state index < -0.39 is 6.10 Å². The van der Waals surface area contributed by atoms with Crippen molar-refractivity contribution in [3.05, 3.63) is 40.6 Å². The number of nitrogens with one attached hydrogen (secondary N) is 1. The van der Waals surface area contributed by atoms with Crippen LogP contribution in [0, 0.1) is 6.92 Å². The Labute approximate surface area is 145 Å². The number of morpholine rings is 1. The van der Waals surface area contributed by atoms with Crippen LogP contribution in [0.3, 0.4) is 0 Å². The highest BCUT2D eigenvalue weighted by Crippen LogP contribution is 2.28. The van der Waals surface area contributed by atoms with Gasteiger partial charge in [-0.3, -0.25) is 9.59 Å². The molecular weight excluding hydrogens is 324 g/mol. The van der Waals surface area contributed by atoms with Crippen LogP contribution in [0.2, 0.25) is 0 Å². The average Bonchev–Trinajstić information content (AvgIpc) is 3.11. The van der Waals surface area contributed by atoms with Crippen molar-refractivity contribution in [3.8, 4) is 11.1 Å². The summed E-state index contributed by atoms with van der Waals surface area (Å²) in [5.41, 5.74) is 4.13. The van der Waals surface area contributed by atoms with Crippen LogP contribution >= 0.6 is 11.3 Å². The summed E-state index contributed by atoms with van der Waals surface area (Å²) in [4.78, 5) is 25.6. The molecule has 24 heavy (non-hydrogen) atoms. The molecule has 0 spiro atoms. The normalized spacial score (nSPS) is 17.6. The number of hydrogen-bond acceptors (Lipinski definition) is 4. The van der Waals surface area contributed by atoms with Gasteiger partial charge in [-0.25, -0.2) is 0 Å². The van der Waals surface area contributed by atoms with Crippen molar-refractivity contribution < 1.29 is 14.3 Å². The van der Waals surface area contributed by atoms with Crippen molar-refractivity contribution >= 4 is 28.8 Å². The first-order valence-corrected chi connectivity index (χ1v) is 8.80. The van der Waals surface area contributed by atoms with Crippen molar-refractivity contribution in [1.29, 1.82) is 0 Å². The van der Waals surface area contributed by atoms with Crippen LogP contribution in [-0.2, 0) is 14.3 Å². The molecule has 2 heterocycles. The number of aryl methyl sites for hydroxylation is 1. The molecule has 2 amide bonds. The van der Waals surface area contributed by atoms with Gasteiger partial charge in [0.15, 0.2) is 6.10 Å². The Morgan fingerprint density at radius 1 is 1.33 bits per heavy atom. The number of rotatable bonds is 3. The standard InChI is InChI=1S/C18H20N2O3S/c1-12-3-4-15(9-16(12)14-5-8-24-11-14)19-18(22)17-10-20(13(2)21)6-7-23-17/h3-5,8-9,11,17H,6-7,10H2,1-2H3,(H,19,22). The molecule has 1 unspecified atom stereocenters. The molecule has 3 rings (SSSR count). The van der Waals surface area contributed by atoms with Crippen molar-refractivity contribution in [2.24, 2.45) is 0 Å². The Hall–Kier alpha value is -2.18. The van der Waals surface area contributed by atoms with E-state index in [0.717, 1.165) is 22.4 Å². The third-order valence-corrected chi connectivity index (χ3v) is 4.82. The van der Waals surface area contributed by atoms with E-state index in [1.165, 1.54) is 6.92 Å². The predicted molar refractivity (Wildman–Crippen MR) is 95.1 cm³/mol. The number of carbonyl (C=O) groups is 2. The Balaban J connectivity index is 1.73. The summed E-state index contributed by atoms with van der Waals surface area (Å²) in [5, 5.41) is 7.02. The van der Waals surface area contributed by atoms with Crippen LogP contribution in [0.4, 0.5) is 5.69 Å². The first-order chi connectivity index (χ1) is 11.5. The van der Waals surface area contributed by atoms with Gasteiger partial charge in [-0.15, -0.1) is 0 Å². The minimum atomic E-state index is -0.631. The monoisotopic (exact) mass is 344 g/mol. The summed E-state index contributed by atoms with van der Waals surface area (Å²) < 4.78 is 5.51. The molecule has 2 aromatic rings. The highest BCUT2D eigenvalue weighted by atomic mass is 32.1. The lowest BCUT2D eigenvalue weighted by molar-refractivity contribution is -0.143. The second kappa shape index (κ2) is 7.15. The molecule has 0 radical (unpaired) electrons. The van der Waals surface area contributed by atoms with E-state index in [0.29, 0.717) is 19.7 Å². The van der Waals surface area contributed by atoms with Gasteiger partial charge >= 0.3 is 0 Å². The lowest BCUT2D eigenvalue weighted by Gasteiger charge is -2.31. The van der Waals surface area contributed by atoms with Crippen LogP contribution in [-0.4, -0.2) is 42.5 Å². The highest BCUT2D eigenvalue weighted by molar-refractivity contribution is 7.08. The van der Waals surface area contributed by atoms with E-state index >= 15 is 0 Å². The molecule has 6 heteroatoms. The number of hydrogen-bond donors (Lipinski definition) is 1. The van der Waals surface area contributed by atoms with Gasteiger partial charge in [0.25, 0.3) is 5.91 Å². The fourth-order valence-corrected chi connectivity index (χ4v) is 3.40. The molecule has 0 saturated carbocycles. The maximum absolute atomic E-state index is 12.4. The molecule has 5 nitrogen and oxygen atoms in total. The van der Waals surface area contributed by atoms with Crippen LogP contribution in [0.25, 0.3) is 11.1 Å². The van der Waals surface area contributed by atoms with Gasteiger partial charge in [0.05, 0.1) is 13.2 Å². The maximum Gasteiger partial charge on any atom is 0.255 e. The lowest BCUT2D eigenvalue weighted by atomic mass is 10.0. The van der Waals surface area contributed by atoms with E-state index in [9.17, 15) is 9.59 Å². The molecule has 1 aliphatic rings. The first kappa shape index (κ1) is 16.7. The van der Waals surface area contributed by atoms with E-state index in [-0.39, 0.29) is 11.8 Å². The Morgan fingerprint density at radius 2 is 2.17 bits per heavy atom. The summed E-state index contributed by atoms with van der Waals surface area (Å²) >= 11 is 1.64. The average molecular weight is 344 g/mol. The fourth-order valence-electron chi connectivity index (χ4n) is 2.75. The molecular formula is C18H20N2O3S. The zero-order valence-corrected chi connectivity index (χ0v) is 14.6. The number of anilines is 1. The third kappa shape index (κ3) is 3.66. The number of thiophene rings is 1. The molecule has 1 atom stereocenters. The molecule has 0 aliphatic carbocycles. The topological polar surface area (TPSA) is 58.6 Å². The molecule has 0 bridgehead atoms. The van der Waals surface area contributed by atoms with Gasteiger partial charge in [-0.2, -0.15) is 11.3 Å². The molecule has 1 fully saturated rings. The van der Waals surface area contributed by atoms with E-state index in [4.69, 9.17) is 4.74 Å². The first-order valence-electron chi connectivity index (χ1n) is 7.86.